The molecule has 2 aromatic carbocycles. The lowest BCUT2D eigenvalue weighted by molar-refractivity contribution is -0.118. The van der Waals surface area contributed by atoms with Crippen LogP contribution in [0.2, 0.25) is 0 Å². The number of nitrogens with two attached hydrogens (primary N) is 1. The molecule has 0 unspecified atom stereocenters. The van der Waals surface area contributed by atoms with E-state index in [0.29, 0.717) is 17.3 Å². The van der Waals surface area contributed by atoms with Gasteiger partial charge in [0.25, 0.3) is 5.91 Å². The van der Waals surface area contributed by atoms with Crippen LogP contribution in [-0.2, 0) is 4.79 Å². The summed E-state index contributed by atoms with van der Waals surface area (Å²) in [7, 11) is 0. The third-order valence-corrected chi connectivity index (χ3v) is 4.32. The molecule has 3 rings (SSSR count). The Labute approximate surface area is 171 Å². The summed E-state index contributed by atoms with van der Waals surface area (Å²) in [5, 5.41) is 7.11. The molecule has 0 saturated carbocycles. The van der Waals surface area contributed by atoms with Gasteiger partial charge in [0.05, 0.1) is 18.1 Å². The van der Waals surface area contributed by atoms with Gasteiger partial charge in [0.1, 0.15) is 5.75 Å². The normalized spacial score (nSPS) is 11.0. The third kappa shape index (κ3) is 5.20. The number of aromatic nitrogens is 2. The zero-order chi connectivity index (χ0) is 20.1. The minimum absolute atomic E-state index is 0.122. The Morgan fingerprint density at radius 2 is 2.04 bits per heavy atom. The minimum Gasteiger partial charge on any atom is -0.483 e. The summed E-state index contributed by atoms with van der Waals surface area (Å²) in [6.07, 6.45) is 3.33. The maximum absolute atomic E-state index is 12.2. The molecule has 144 valence electrons. The number of carbonyl (C=O) groups excluding carboxylic acids is 1. The lowest BCUT2D eigenvalue weighted by Gasteiger charge is -2.10. The molecule has 3 aromatic rings. The molecule has 0 radical (unpaired) electrons. The van der Waals surface area contributed by atoms with Gasteiger partial charge < -0.3 is 15.8 Å². The smallest absolute Gasteiger partial charge is 0.262 e. The van der Waals surface area contributed by atoms with Crippen LogP contribution in [0, 0.1) is 13.8 Å². The molecule has 0 aliphatic rings. The Hall–Kier alpha value is -3.13. The van der Waals surface area contributed by atoms with Crippen molar-refractivity contribution in [2.75, 3.05) is 17.7 Å². The van der Waals surface area contributed by atoms with E-state index in [0.717, 1.165) is 21.4 Å². The van der Waals surface area contributed by atoms with Gasteiger partial charge in [-0.05, 0) is 44.2 Å². The fourth-order valence-electron chi connectivity index (χ4n) is 2.45. The molecule has 3 N–H and O–H groups in total. The van der Waals surface area contributed by atoms with Gasteiger partial charge in [-0.15, -0.1) is 0 Å². The maximum atomic E-state index is 12.2. The van der Waals surface area contributed by atoms with Crippen molar-refractivity contribution in [2.24, 2.45) is 5.10 Å². The standard InChI is InChI=1S/C20H20BrN5O2/c1-13-3-6-17(7-4-13)25-19(27)12-28-18-8-5-16(21)9-15(18)10-23-26-11-14(2)24-20(26)22/h3-11H,12H2,1-2H3,(H2,22,24)(H,25,27). The molecular weight excluding hydrogens is 422 g/mol. The molecular formula is C20H20BrN5O2. The van der Waals surface area contributed by atoms with Crippen LogP contribution in [0.1, 0.15) is 16.8 Å². The fourth-order valence-corrected chi connectivity index (χ4v) is 2.83. The largest absolute Gasteiger partial charge is 0.483 e. The number of rotatable bonds is 6. The van der Waals surface area contributed by atoms with Crippen LogP contribution in [0.4, 0.5) is 11.6 Å². The van der Waals surface area contributed by atoms with Crippen molar-refractivity contribution in [3.63, 3.8) is 0 Å². The predicted molar refractivity (Wildman–Crippen MR) is 114 cm³/mol. The van der Waals surface area contributed by atoms with Crippen LogP contribution in [0.15, 0.2) is 58.2 Å². The first kappa shape index (κ1) is 19.6. The van der Waals surface area contributed by atoms with Gasteiger partial charge in [-0.25, -0.2) is 9.66 Å². The average Bonchev–Trinajstić information content (AvgIpc) is 2.98. The first-order valence-electron chi connectivity index (χ1n) is 8.55. The van der Waals surface area contributed by atoms with Crippen molar-refractivity contribution in [1.82, 2.24) is 9.66 Å². The Morgan fingerprint density at radius 3 is 2.71 bits per heavy atom. The highest BCUT2D eigenvalue weighted by Gasteiger charge is 2.08. The number of imidazole rings is 1. The molecule has 1 heterocycles. The van der Waals surface area contributed by atoms with Gasteiger partial charge >= 0.3 is 0 Å². The summed E-state index contributed by atoms with van der Waals surface area (Å²) in [5.41, 5.74) is 9.12. The molecule has 0 atom stereocenters. The summed E-state index contributed by atoms with van der Waals surface area (Å²) in [4.78, 5) is 16.3. The SMILES string of the molecule is Cc1ccc(NC(=O)COc2ccc(Br)cc2C=Nn2cc(C)nc2N)cc1. The van der Waals surface area contributed by atoms with Gasteiger partial charge in [-0.3, -0.25) is 4.79 Å². The summed E-state index contributed by atoms with van der Waals surface area (Å²) < 4.78 is 8.03. The zero-order valence-corrected chi connectivity index (χ0v) is 17.1. The van der Waals surface area contributed by atoms with E-state index in [4.69, 9.17) is 10.5 Å². The van der Waals surface area contributed by atoms with Crippen molar-refractivity contribution in [3.05, 3.63) is 70.0 Å². The molecule has 0 bridgehead atoms. The summed E-state index contributed by atoms with van der Waals surface area (Å²) in [5.74, 6) is 0.578. The van der Waals surface area contributed by atoms with Crippen LogP contribution in [0.25, 0.3) is 0 Å². The van der Waals surface area contributed by atoms with Gasteiger partial charge in [0.15, 0.2) is 6.61 Å². The number of ether oxygens (including phenoxy) is 1. The number of aryl methyl sites for hydroxylation is 2. The van der Waals surface area contributed by atoms with Crippen molar-refractivity contribution >= 4 is 39.7 Å². The molecule has 0 aliphatic carbocycles. The number of hydrogen-bond acceptors (Lipinski definition) is 5. The second-order valence-corrected chi connectivity index (χ2v) is 7.13. The van der Waals surface area contributed by atoms with Crippen LogP contribution >= 0.6 is 15.9 Å². The maximum Gasteiger partial charge on any atom is 0.262 e. The van der Waals surface area contributed by atoms with Crippen LogP contribution in [-0.4, -0.2) is 28.4 Å². The molecule has 7 nitrogen and oxygen atoms in total. The van der Waals surface area contributed by atoms with Crippen LogP contribution in [0.5, 0.6) is 5.75 Å². The minimum atomic E-state index is -0.246. The van der Waals surface area contributed by atoms with E-state index < -0.39 is 0 Å². The highest BCUT2D eigenvalue weighted by Crippen LogP contribution is 2.22. The molecule has 1 amide bonds. The number of nitrogens with zero attached hydrogens (tertiary/aromatic N) is 3. The first-order chi connectivity index (χ1) is 13.4. The second-order valence-electron chi connectivity index (χ2n) is 6.21. The number of nitrogen functional groups attached to an aromatic ring is 1. The van der Waals surface area contributed by atoms with Crippen LogP contribution in [0.3, 0.4) is 0 Å². The topological polar surface area (TPSA) is 94.5 Å². The number of nitrogens with one attached hydrogen (secondary N) is 1. The predicted octanol–water partition coefficient (Wildman–Crippen LogP) is 3.74. The zero-order valence-electron chi connectivity index (χ0n) is 15.5. The monoisotopic (exact) mass is 441 g/mol. The van der Waals surface area contributed by atoms with Crippen molar-refractivity contribution < 1.29 is 9.53 Å². The average molecular weight is 442 g/mol. The fraction of sp³-hybridized carbons (Fsp3) is 0.150. The quantitative estimate of drug-likeness (QED) is 0.569. The second kappa shape index (κ2) is 8.71. The van der Waals surface area contributed by atoms with Gasteiger partial charge in [-0.1, -0.05) is 33.6 Å². The highest BCUT2D eigenvalue weighted by atomic mass is 79.9. The van der Waals surface area contributed by atoms with E-state index in [-0.39, 0.29) is 12.5 Å². The number of benzene rings is 2. The number of hydrogen-bond donors (Lipinski definition) is 2. The van der Waals surface area contributed by atoms with E-state index in [1.165, 1.54) is 4.68 Å². The number of carbonyl (C=O) groups is 1. The molecule has 1 aromatic heterocycles. The molecule has 0 aliphatic heterocycles. The Bertz CT molecular complexity index is 1010. The highest BCUT2D eigenvalue weighted by molar-refractivity contribution is 9.10. The Kier molecular flexibility index (Phi) is 6.10. The Balaban J connectivity index is 1.69. The van der Waals surface area contributed by atoms with E-state index in [1.807, 2.05) is 50.2 Å². The summed E-state index contributed by atoms with van der Waals surface area (Å²) >= 11 is 3.43. The van der Waals surface area contributed by atoms with Gasteiger partial charge in [0, 0.05) is 15.7 Å². The van der Waals surface area contributed by atoms with Crippen molar-refractivity contribution in [2.45, 2.75) is 13.8 Å². The summed E-state index contributed by atoms with van der Waals surface area (Å²) in [6, 6.07) is 13.0. The van der Waals surface area contributed by atoms with E-state index in [1.54, 1.807) is 18.5 Å². The summed E-state index contributed by atoms with van der Waals surface area (Å²) in [6.45, 7) is 3.70. The first-order valence-corrected chi connectivity index (χ1v) is 9.35. The Morgan fingerprint density at radius 1 is 1.29 bits per heavy atom. The number of halogens is 1. The number of anilines is 2. The lowest BCUT2D eigenvalue weighted by atomic mass is 10.2. The number of amides is 1. The molecule has 0 spiro atoms. The third-order valence-electron chi connectivity index (χ3n) is 3.82. The van der Waals surface area contributed by atoms with E-state index in [2.05, 4.69) is 31.3 Å². The van der Waals surface area contributed by atoms with E-state index >= 15 is 0 Å². The van der Waals surface area contributed by atoms with Crippen molar-refractivity contribution in [3.8, 4) is 5.75 Å². The lowest BCUT2D eigenvalue weighted by Crippen LogP contribution is -2.20. The molecule has 0 saturated heterocycles. The molecule has 28 heavy (non-hydrogen) atoms. The van der Waals surface area contributed by atoms with Gasteiger partial charge in [0.2, 0.25) is 5.95 Å². The van der Waals surface area contributed by atoms with Crippen LogP contribution < -0.4 is 15.8 Å². The molecule has 8 heteroatoms. The van der Waals surface area contributed by atoms with Crippen molar-refractivity contribution in [1.29, 1.82) is 0 Å². The van der Waals surface area contributed by atoms with Gasteiger partial charge in [-0.2, -0.15) is 5.10 Å². The van der Waals surface area contributed by atoms with E-state index in [9.17, 15) is 4.79 Å². The molecule has 0 fully saturated rings.